The van der Waals surface area contributed by atoms with Gasteiger partial charge in [-0.15, -0.1) is 0 Å². The van der Waals surface area contributed by atoms with Crippen LogP contribution in [0.15, 0.2) is 0 Å². The molecule has 0 aromatic heterocycles. The number of likely N-dealkylation sites (tertiary alicyclic amines) is 1. The molecule has 2 rings (SSSR count). The zero-order chi connectivity index (χ0) is 10.7. The van der Waals surface area contributed by atoms with Crippen molar-refractivity contribution in [1.29, 1.82) is 0 Å². The first kappa shape index (κ1) is 11.4. The molecule has 1 saturated carbocycles. The lowest BCUT2D eigenvalue weighted by molar-refractivity contribution is 0.267. The number of nitrogens with zero attached hydrogens (tertiary/aromatic N) is 1. The predicted molar refractivity (Wildman–Crippen MR) is 65.0 cm³/mol. The Labute approximate surface area is 94.4 Å². The van der Waals surface area contributed by atoms with Gasteiger partial charge >= 0.3 is 0 Å². The molecule has 1 aliphatic carbocycles. The van der Waals surface area contributed by atoms with E-state index in [4.69, 9.17) is 0 Å². The van der Waals surface area contributed by atoms with Crippen molar-refractivity contribution in [3.8, 4) is 0 Å². The van der Waals surface area contributed by atoms with Gasteiger partial charge in [0.1, 0.15) is 0 Å². The van der Waals surface area contributed by atoms with Gasteiger partial charge in [0, 0.05) is 13.1 Å². The summed E-state index contributed by atoms with van der Waals surface area (Å²) in [5, 5.41) is 3.30. The summed E-state index contributed by atoms with van der Waals surface area (Å²) in [5.74, 6) is 2.91. The van der Waals surface area contributed by atoms with E-state index in [-0.39, 0.29) is 0 Å². The number of hydrogen-bond donors (Lipinski definition) is 1. The lowest BCUT2D eigenvalue weighted by atomic mass is 10.1. The Morgan fingerprint density at radius 3 is 2.73 bits per heavy atom. The van der Waals surface area contributed by atoms with Crippen LogP contribution < -0.4 is 5.32 Å². The van der Waals surface area contributed by atoms with Gasteiger partial charge < -0.3 is 10.2 Å². The fraction of sp³-hybridized carbons (Fsp3) is 1.00. The largest absolute Gasteiger partial charge is 0.319 e. The van der Waals surface area contributed by atoms with Gasteiger partial charge in [0.2, 0.25) is 0 Å². The summed E-state index contributed by atoms with van der Waals surface area (Å²) in [6.07, 6.45) is 5.84. The summed E-state index contributed by atoms with van der Waals surface area (Å²) in [6.45, 7) is 7.68. The van der Waals surface area contributed by atoms with E-state index in [0.717, 1.165) is 17.8 Å². The maximum Gasteiger partial charge on any atom is 0.00224 e. The number of hydrogen-bond acceptors (Lipinski definition) is 2. The molecular formula is C13H26N2. The zero-order valence-electron chi connectivity index (χ0n) is 10.3. The van der Waals surface area contributed by atoms with Gasteiger partial charge in [-0.05, 0) is 57.2 Å². The number of rotatable bonds is 4. The second kappa shape index (κ2) is 5.31. The van der Waals surface area contributed by atoms with Gasteiger partial charge in [0.25, 0.3) is 0 Å². The van der Waals surface area contributed by atoms with Crippen LogP contribution in [0.25, 0.3) is 0 Å². The molecule has 3 unspecified atom stereocenters. The Balaban J connectivity index is 1.68. The molecule has 88 valence electrons. The molecule has 1 saturated heterocycles. The van der Waals surface area contributed by atoms with Gasteiger partial charge in [0.15, 0.2) is 0 Å². The van der Waals surface area contributed by atoms with Crippen molar-refractivity contribution in [2.75, 3.05) is 33.2 Å². The second-order valence-corrected chi connectivity index (χ2v) is 5.76. The van der Waals surface area contributed by atoms with Crippen LogP contribution in [-0.4, -0.2) is 38.1 Å². The predicted octanol–water partition coefficient (Wildman–Crippen LogP) is 1.96. The van der Waals surface area contributed by atoms with Gasteiger partial charge in [-0.2, -0.15) is 0 Å². The van der Waals surface area contributed by atoms with Crippen molar-refractivity contribution in [3.63, 3.8) is 0 Å². The monoisotopic (exact) mass is 210 g/mol. The number of nitrogens with one attached hydrogen (secondary N) is 1. The molecule has 3 atom stereocenters. The van der Waals surface area contributed by atoms with Crippen LogP contribution in [0.1, 0.15) is 32.6 Å². The van der Waals surface area contributed by atoms with Crippen LogP contribution in [0.5, 0.6) is 0 Å². The van der Waals surface area contributed by atoms with E-state index < -0.39 is 0 Å². The van der Waals surface area contributed by atoms with E-state index in [9.17, 15) is 0 Å². The molecule has 1 aliphatic heterocycles. The molecule has 2 nitrogen and oxygen atoms in total. The highest BCUT2D eigenvalue weighted by molar-refractivity contribution is 4.81. The highest BCUT2D eigenvalue weighted by Gasteiger charge is 2.27. The summed E-state index contributed by atoms with van der Waals surface area (Å²) in [6, 6.07) is 0. The minimum atomic E-state index is 0.911. The van der Waals surface area contributed by atoms with Crippen molar-refractivity contribution in [2.45, 2.75) is 32.6 Å². The lowest BCUT2D eigenvalue weighted by Crippen LogP contribution is -2.28. The Morgan fingerprint density at radius 1 is 1.20 bits per heavy atom. The maximum atomic E-state index is 3.30. The molecule has 1 heterocycles. The molecule has 2 fully saturated rings. The first-order valence-corrected chi connectivity index (χ1v) is 6.65. The van der Waals surface area contributed by atoms with E-state index in [0.29, 0.717) is 0 Å². The van der Waals surface area contributed by atoms with Crippen LogP contribution in [-0.2, 0) is 0 Å². The third-order valence-electron chi connectivity index (χ3n) is 4.18. The smallest absolute Gasteiger partial charge is 0.00224 e. The highest BCUT2D eigenvalue weighted by Crippen LogP contribution is 2.31. The Kier molecular flexibility index (Phi) is 4.04. The van der Waals surface area contributed by atoms with Gasteiger partial charge in [-0.3, -0.25) is 0 Å². The van der Waals surface area contributed by atoms with Crippen molar-refractivity contribution in [2.24, 2.45) is 17.8 Å². The normalized spacial score (nSPS) is 37.6. The standard InChI is InChI=1S/C13H26N2/c1-11-3-4-12(7-11)9-15-6-5-13(10-15)8-14-2/h11-14H,3-10H2,1-2H3. The van der Waals surface area contributed by atoms with Crippen LogP contribution in [0, 0.1) is 17.8 Å². The molecule has 2 heteroatoms. The fourth-order valence-corrected chi connectivity index (χ4v) is 3.39. The van der Waals surface area contributed by atoms with E-state index in [1.54, 1.807) is 0 Å². The highest BCUT2D eigenvalue weighted by atomic mass is 15.1. The topological polar surface area (TPSA) is 15.3 Å². The molecule has 0 spiro atoms. The average Bonchev–Trinajstić information content (AvgIpc) is 2.78. The van der Waals surface area contributed by atoms with Crippen molar-refractivity contribution < 1.29 is 0 Å². The minimum Gasteiger partial charge on any atom is -0.319 e. The molecule has 2 aliphatic rings. The summed E-state index contributed by atoms with van der Waals surface area (Å²) in [7, 11) is 2.07. The van der Waals surface area contributed by atoms with Crippen LogP contribution in [0.3, 0.4) is 0 Å². The molecule has 0 bridgehead atoms. The summed E-state index contributed by atoms with van der Waals surface area (Å²) < 4.78 is 0. The molecule has 15 heavy (non-hydrogen) atoms. The van der Waals surface area contributed by atoms with E-state index in [1.807, 2.05) is 0 Å². The summed E-state index contributed by atoms with van der Waals surface area (Å²) >= 11 is 0. The summed E-state index contributed by atoms with van der Waals surface area (Å²) in [4.78, 5) is 2.70. The fourth-order valence-electron chi connectivity index (χ4n) is 3.39. The molecular weight excluding hydrogens is 184 g/mol. The summed E-state index contributed by atoms with van der Waals surface area (Å²) in [5.41, 5.74) is 0. The second-order valence-electron chi connectivity index (χ2n) is 5.76. The van der Waals surface area contributed by atoms with E-state index in [2.05, 4.69) is 24.2 Å². The van der Waals surface area contributed by atoms with Crippen molar-refractivity contribution in [3.05, 3.63) is 0 Å². The molecule has 0 aromatic carbocycles. The van der Waals surface area contributed by atoms with Crippen molar-refractivity contribution >= 4 is 0 Å². The van der Waals surface area contributed by atoms with Crippen LogP contribution in [0.2, 0.25) is 0 Å². The average molecular weight is 210 g/mol. The molecule has 0 radical (unpaired) electrons. The SMILES string of the molecule is CNCC1CCN(CC2CCC(C)C2)C1. The third-order valence-corrected chi connectivity index (χ3v) is 4.18. The van der Waals surface area contributed by atoms with Gasteiger partial charge in [-0.25, -0.2) is 0 Å². The van der Waals surface area contributed by atoms with Crippen LogP contribution >= 0.6 is 0 Å². The molecule has 0 aromatic rings. The van der Waals surface area contributed by atoms with Gasteiger partial charge in [-0.1, -0.05) is 13.3 Å². The van der Waals surface area contributed by atoms with E-state index >= 15 is 0 Å². The Hall–Kier alpha value is -0.0800. The van der Waals surface area contributed by atoms with Crippen molar-refractivity contribution in [1.82, 2.24) is 10.2 Å². The third kappa shape index (κ3) is 3.18. The molecule has 1 N–H and O–H groups in total. The first-order chi connectivity index (χ1) is 7.28. The van der Waals surface area contributed by atoms with E-state index in [1.165, 1.54) is 51.9 Å². The zero-order valence-corrected chi connectivity index (χ0v) is 10.3. The Morgan fingerprint density at radius 2 is 2.07 bits per heavy atom. The maximum absolute atomic E-state index is 3.30. The van der Waals surface area contributed by atoms with Crippen LogP contribution in [0.4, 0.5) is 0 Å². The quantitative estimate of drug-likeness (QED) is 0.763. The Bertz CT molecular complexity index is 193. The molecule has 0 amide bonds. The van der Waals surface area contributed by atoms with Gasteiger partial charge in [0.05, 0.1) is 0 Å². The lowest BCUT2D eigenvalue weighted by Gasteiger charge is -2.20. The first-order valence-electron chi connectivity index (χ1n) is 6.65. The minimum absolute atomic E-state index is 0.911.